The third kappa shape index (κ3) is 3.05. The van der Waals surface area contributed by atoms with E-state index in [1.165, 1.54) is 6.07 Å². The van der Waals surface area contributed by atoms with Crippen LogP contribution in [0.4, 0.5) is 13.2 Å². The number of fused-ring (bicyclic) bond motifs is 2. The van der Waals surface area contributed by atoms with Crippen LogP contribution in [0.3, 0.4) is 0 Å². The van der Waals surface area contributed by atoms with Crippen LogP contribution < -0.4 is 4.18 Å². The Balaban J connectivity index is 2.20. The molecule has 0 saturated heterocycles. The number of carbonyl (C=O) groups is 1. The largest absolute Gasteiger partial charge is 0.534 e. The molecule has 150 valence electrons. The molecule has 0 unspecified atom stereocenters. The molecule has 9 heteroatoms. The molecule has 3 aliphatic carbocycles. The van der Waals surface area contributed by atoms with Gasteiger partial charge < -0.3 is 4.18 Å². The highest BCUT2D eigenvalue weighted by Gasteiger charge is 2.53. The van der Waals surface area contributed by atoms with Crippen LogP contribution >= 0.6 is 11.6 Å². The van der Waals surface area contributed by atoms with Crippen molar-refractivity contribution in [3.63, 3.8) is 0 Å². The number of ketones is 1. The molecule has 3 aliphatic rings. The Morgan fingerprint density at radius 1 is 1.15 bits per heavy atom. The van der Waals surface area contributed by atoms with Crippen molar-refractivity contribution in [3.05, 3.63) is 28.3 Å². The Kier molecular flexibility index (Phi) is 4.63. The topological polar surface area (TPSA) is 60.4 Å². The predicted molar refractivity (Wildman–Crippen MR) is 94.5 cm³/mol. The van der Waals surface area contributed by atoms with Gasteiger partial charge in [-0.05, 0) is 54.7 Å². The monoisotopic (exact) mass is 424 g/mol. The predicted octanol–water partition coefficient (Wildman–Crippen LogP) is 5.24. The first-order valence-corrected chi connectivity index (χ1v) is 10.4. The fourth-order valence-electron chi connectivity index (χ4n) is 4.34. The average molecular weight is 425 g/mol. The van der Waals surface area contributed by atoms with Gasteiger partial charge in [0.15, 0.2) is 11.5 Å². The van der Waals surface area contributed by atoms with E-state index in [1.54, 1.807) is 0 Å². The first kappa shape index (κ1) is 20.5. The molecule has 2 bridgehead atoms. The van der Waals surface area contributed by atoms with Gasteiger partial charge in [-0.15, -0.1) is 0 Å². The number of benzene rings is 1. The van der Waals surface area contributed by atoms with Gasteiger partial charge in [0.25, 0.3) is 0 Å². The maximum absolute atomic E-state index is 13.1. The fraction of sp³-hybridized carbons (Fsp3) is 0.611. The van der Waals surface area contributed by atoms with Crippen LogP contribution in [0.1, 0.15) is 62.4 Å². The minimum absolute atomic E-state index is 0.174. The third-order valence-corrected chi connectivity index (χ3v) is 7.50. The maximum atomic E-state index is 13.1. The van der Waals surface area contributed by atoms with Crippen molar-refractivity contribution < 1.29 is 30.6 Å². The lowest BCUT2D eigenvalue weighted by atomic mass is 9.60. The summed E-state index contributed by atoms with van der Waals surface area (Å²) in [6.45, 7) is 5.92. The molecule has 1 fully saturated rings. The Morgan fingerprint density at radius 3 is 2.19 bits per heavy atom. The van der Waals surface area contributed by atoms with Crippen LogP contribution in [0.5, 0.6) is 5.75 Å². The van der Waals surface area contributed by atoms with Crippen molar-refractivity contribution in [2.75, 3.05) is 0 Å². The molecule has 0 atom stereocenters. The van der Waals surface area contributed by atoms with Gasteiger partial charge in [0.1, 0.15) is 0 Å². The molecule has 1 aromatic rings. The third-order valence-electron chi connectivity index (χ3n) is 6.24. The van der Waals surface area contributed by atoms with E-state index in [0.717, 1.165) is 18.9 Å². The molecule has 0 radical (unpaired) electrons. The van der Waals surface area contributed by atoms with Gasteiger partial charge in [0, 0.05) is 11.0 Å². The first-order valence-electron chi connectivity index (χ1n) is 8.63. The number of hydrogen-bond acceptors (Lipinski definition) is 4. The summed E-state index contributed by atoms with van der Waals surface area (Å²) >= 11 is 6.09. The van der Waals surface area contributed by atoms with Gasteiger partial charge in [0.2, 0.25) is 0 Å². The number of Topliss-reactive ketones (excluding diaryl/α,β-unsaturated/α-hetero) is 1. The van der Waals surface area contributed by atoms with Crippen LogP contribution in [0.15, 0.2) is 12.1 Å². The standard InChI is InChI=1S/C18H20ClF3O4S/c1-10(2)17-6-4-16(3,5-7-17)15(23)11-8-14(13(19)9-12(11)17)26-27(24,25)18(20,21)22/h8-10H,4-7H2,1-3H3. The zero-order valence-corrected chi connectivity index (χ0v) is 16.7. The molecule has 1 aromatic carbocycles. The molecule has 4 nitrogen and oxygen atoms in total. The number of hydrogen-bond donors (Lipinski definition) is 0. The molecular formula is C18H20ClF3O4S. The highest BCUT2D eigenvalue weighted by molar-refractivity contribution is 7.88. The highest BCUT2D eigenvalue weighted by Crippen LogP contribution is 2.57. The lowest BCUT2D eigenvalue weighted by Crippen LogP contribution is -2.38. The lowest BCUT2D eigenvalue weighted by Gasteiger charge is -2.44. The minimum atomic E-state index is -5.88. The van der Waals surface area contributed by atoms with Crippen LogP contribution in [0, 0.1) is 11.3 Å². The summed E-state index contributed by atoms with van der Waals surface area (Å²) in [5.74, 6) is -0.707. The van der Waals surface area contributed by atoms with Crippen molar-refractivity contribution in [3.8, 4) is 5.75 Å². The molecule has 0 amide bonds. The van der Waals surface area contributed by atoms with E-state index in [4.69, 9.17) is 11.6 Å². The number of carbonyl (C=O) groups excluding carboxylic acids is 1. The van der Waals surface area contributed by atoms with E-state index in [1.807, 2.05) is 20.8 Å². The van der Waals surface area contributed by atoms with E-state index >= 15 is 0 Å². The van der Waals surface area contributed by atoms with E-state index in [0.29, 0.717) is 18.4 Å². The summed E-state index contributed by atoms with van der Waals surface area (Å²) in [6.07, 6.45) is 2.84. The summed E-state index contributed by atoms with van der Waals surface area (Å²) in [6, 6.07) is 2.47. The molecule has 4 rings (SSSR count). The van der Waals surface area contributed by atoms with Crippen molar-refractivity contribution in [1.82, 2.24) is 0 Å². The molecule has 1 saturated carbocycles. The second-order valence-electron chi connectivity index (χ2n) is 8.01. The SMILES string of the molecule is CC(C)C12CCC(C)(CC1)C(=O)c1cc(OS(=O)(=O)C(F)(F)F)c(Cl)cc12. The fourth-order valence-corrected chi connectivity index (χ4v) is 5.06. The summed E-state index contributed by atoms with van der Waals surface area (Å²) in [5, 5.41) is -0.259. The Hall–Kier alpha value is -1.28. The first-order chi connectivity index (χ1) is 12.2. The second kappa shape index (κ2) is 6.11. The van der Waals surface area contributed by atoms with Crippen molar-refractivity contribution in [2.24, 2.45) is 11.3 Å². The van der Waals surface area contributed by atoms with Crippen molar-refractivity contribution >= 4 is 27.5 Å². The Labute approximate surface area is 161 Å². The quantitative estimate of drug-likeness (QED) is 0.492. The zero-order chi connectivity index (χ0) is 20.4. The van der Waals surface area contributed by atoms with Gasteiger partial charge in [-0.1, -0.05) is 32.4 Å². The van der Waals surface area contributed by atoms with Crippen LogP contribution in [-0.4, -0.2) is 19.7 Å². The molecular weight excluding hydrogens is 405 g/mol. The number of rotatable bonds is 3. The summed E-state index contributed by atoms with van der Waals surface area (Å²) < 4.78 is 65.0. The lowest BCUT2D eigenvalue weighted by molar-refractivity contribution is -0.0500. The molecule has 0 spiro atoms. The molecule has 27 heavy (non-hydrogen) atoms. The van der Waals surface area contributed by atoms with Crippen LogP contribution in [0.25, 0.3) is 0 Å². The molecule has 0 aliphatic heterocycles. The smallest absolute Gasteiger partial charge is 0.374 e. The molecule has 0 N–H and O–H groups in total. The van der Waals surface area contributed by atoms with Gasteiger partial charge in [0.05, 0.1) is 5.02 Å². The van der Waals surface area contributed by atoms with E-state index in [2.05, 4.69) is 4.18 Å². The molecule has 0 heterocycles. The van der Waals surface area contributed by atoms with E-state index < -0.39 is 26.8 Å². The van der Waals surface area contributed by atoms with E-state index in [-0.39, 0.29) is 27.7 Å². The van der Waals surface area contributed by atoms with Gasteiger partial charge in [-0.25, -0.2) is 0 Å². The average Bonchev–Trinajstić information content (AvgIpc) is 2.68. The number of alkyl halides is 3. The normalized spacial score (nSPS) is 28.2. The van der Waals surface area contributed by atoms with Crippen LogP contribution in [-0.2, 0) is 15.5 Å². The van der Waals surface area contributed by atoms with Crippen molar-refractivity contribution in [2.45, 2.75) is 57.4 Å². The second-order valence-corrected chi connectivity index (χ2v) is 9.96. The van der Waals surface area contributed by atoms with Crippen molar-refractivity contribution in [1.29, 1.82) is 0 Å². The number of halogens is 4. The van der Waals surface area contributed by atoms with E-state index in [9.17, 15) is 26.4 Å². The zero-order valence-electron chi connectivity index (χ0n) is 15.1. The van der Waals surface area contributed by atoms with Gasteiger partial charge in [-0.2, -0.15) is 21.6 Å². The Morgan fingerprint density at radius 2 is 1.70 bits per heavy atom. The Bertz CT molecular complexity index is 898. The maximum Gasteiger partial charge on any atom is 0.534 e. The van der Waals surface area contributed by atoms with Gasteiger partial charge >= 0.3 is 15.6 Å². The van der Waals surface area contributed by atoms with Crippen LogP contribution in [0.2, 0.25) is 5.02 Å². The summed E-state index contributed by atoms with van der Waals surface area (Å²) in [5.41, 5.74) is -5.66. The summed E-state index contributed by atoms with van der Waals surface area (Å²) in [4.78, 5) is 13.1. The highest BCUT2D eigenvalue weighted by atomic mass is 35.5. The summed E-state index contributed by atoms with van der Waals surface area (Å²) in [7, 11) is -5.88. The van der Waals surface area contributed by atoms with Gasteiger partial charge in [-0.3, -0.25) is 4.79 Å². The minimum Gasteiger partial charge on any atom is -0.374 e. The molecule has 0 aromatic heterocycles.